The highest BCUT2D eigenvalue weighted by Crippen LogP contribution is 2.40. The number of rotatable bonds is 6. The number of benzene rings is 1. The van der Waals surface area contributed by atoms with Gasteiger partial charge in [-0.25, -0.2) is 0 Å². The van der Waals surface area contributed by atoms with E-state index < -0.39 is 0 Å². The molecule has 3 rings (SSSR count). The Kier molecular flexibility index (Phi) is 6.65. The quantitative estimate of drug-likeness (QED) is 0.775. The molecule has 5 nitrogen and oxygen atoms in total. The molecule has 0 bridgehead atoms. The zero-order valence-electron chi connectivity index (χ0n) is 16.8. The predicted molar refractivity (Wildman–Crippen MR) is 104 cm³/mol. The zero-order valence-corrected chi connectivity index (χ0v) is 16.8. The second-order valence-electron chi connectivity index (χ2n) is 7.73. The molecule has 1 aromatic rings. The van der Waals surface area contributed by atoms with Crippen LogP contribution in [0.25, 0.3) is 0 Å². The van der Waals surface area contributed by atoms with Crippen molar-refractivity contribution in [1.82, 2.24) is 9.80 Å². The molecule has 0 amide bonds. The molecule has 2 fully saturated rings. The summed E-state index contributed by atoms with van der Waals surface area (Å²) < 4.78 is 16.5. The van der Waals surface area contributed by atoms with Gasteiger partial charge in [0.25, 0.3) is 0 Å². The second kappa shape index (κ2) is 8.96. The first-order valence-electron chi connectivity index (χ1n) is 9.90. The van der Waals surface area contributed by atoms with E-state index in [2.05, 4.69) is 22.8 Å². The van der Waals surface area contributed by atoms with Crippen molar-refractivity contribution in [3.63, 3.8) is 0 Å². The Morgan fingerprint density at radius 2 is 1.65 bits per heavy atom. The molecule has 1 aliphatic heterocycles. The van der Waals surface area contributed by atoms with E-state index in [4.69, 9.17) is 14.2 Å². The second-order valence-corrected chi connectivity index (χ2v) is 7.73. The van der Waals surface area contributed by atoms with Crippen LogP contribution < -0.4 is 14.2 Å². The minimum absolute atomic E-state index is 0.683. The summed E-state index contributed by atoms with van der Waals surface area (Å²) in [6.45, 7) is 7.87. The molecule has 0 unspecified atom stereocenters. The molecule has 0 spiro atoms. The lowest BCUT2D eigenvalue weighted by atomic mass is 9.86. The maximum absolute atomic E-state index is 5.64. The first-order valence-corrected chi connectivity index (χ1v) is 9.90. The van der Waals surface area contributed by atoms with E-state index in [-0.39, 0.29) is 0 Å². The molecule has 26 heavy (non-hydrogen) atoms. The Labute approximate surface area is 158 Å². The minimum atomic E-state index is 0.683. The Bertz CT molecular complexity index is 585. The third kappa shape index (κ3) is 4.26. The molecule has 0 aromatic heterocycles. The number of ether oxygens (including phenoxy) is 3. The third-order valence-electron chi connectivity index (χ3n) is 6.01. The van der Waals surface area contributed by atoms with Crippen LogP contribution in [-0.2, 0) is 6.54 Å². The highest BCUT2D eigenvalue weighted by atomic mass is 16.5. The van der Waals surface area contributed by atoms with Gasteiger partial charge in [0.05, 0.1) is 21.3 Å². The van der Waals surface area contributed by atoms with Gasteiger partial charge in [-0.15, -0.1) is 0 Å². The SMILES string of the molecule is COc1ccc(CN2CCN([C@@H]3CCC[C@@H](C)C3)CC2)c(OC)c1OC. The summed E-state index contributed by atoms with van der Waals surface area (Å²) in [5, 5.41) is 0. The van der Waals surface area contributed by atoms with Crippen LogP contribution >= 0.6 is 0 Å². The predicted octanol–water partition coefficient (Wildman–Crippen LogP) is 3.41. The molecule has 1 aliphatic carbocycles. The molecule has 1 aromatic carbocycles. The van der Waals surface area contributed by atoms with Gasteiger partial charge in [0, 0.05) is 44.3 Å². The molecule has 146 valence electrons. The summed E-state index contributed by atoms with van der Waals surface area (Å²) in [6.07, 6.45) is 5.57. The molecule has 2 aliphatic rings. The number of nitrogens with zero attached hydrogens (tertiary/aromatic N) is 2. The lowest BCUT2D eigenvalue weighted by molar-refractivity contribution is 0.0655. The Hall–Kier alpha value is -1.46. The van der Waals surface area contributed by atoms with Crippen molar-refractivity contribution in [2.45, 2.75) is 45.2 Å². The summed E-state index contributed by atoms with van der Waals surface area (Å²) in [4.78, 5) is 5.24. The molecule has 1 saturated heterocycles. The van der Waals surface area contributed by atoms with Gasteiger partial charge in [0.15, 0.2) is 11.5 Å². The van der Waals surface area contributed by atoms with Crippen LogP contribution in [-0.4, -0.2) is 63.4 Å². The van der Waals surface area contributed by atoms with Crippen molar-refractivity contribution < 1.29 is 14.2 Å². The van der Waals surface area contributed by atoms with Crippen LogP contribution in [0.15, 0.2) is 12.1 Å². The van der Waals surface area contributed by atoms with Gasteiger partial charge < -0.3 is 14.2 Å². The Morgan fingerprint density at radius 3 is 2.27 bits per heavy atom. The average Bonchev–Trinajstić information content (AvgIpc) is 2.68. The van der Waals surface area contributed by atoms with Crippen LogP contribution in [0, 0.1) is 5.92 Å². The van der Waals surface area contributed by atoms with E-state index in [1.54, 1.807) is 21.3 Å². The highest BCUT2D eigenvalue weighted by Gasteiger charge is 2.28. The van der Waals surface area contributed by atoms with Gasteiger partial charge in [0.1, 0.15) is 0 Å². The van der Waals surface area contributed by atoms with Gasteiger partial charge in [-0.2, -0.15) is 0 Å². The van der Waals surface area contributed by atoms with Crippen LogP contribution in [0.5, 0.6) is 17.2 Å². The first kappa shape index (κ1) is 19.3. The van der Waals surface area contributed by atoms with E-state index in [0.29, 0.717) is 11.5 Å². The fourth-order valence-electron chi connectivity index (χ4n) is 4.55. The van der Waals surface area contributed by atoms with Gasteiger partial charge in [-0.1, -0.05) is 25.8 Å². The van der Waals surface area contributed by atoms with Crippen LogP contribution in [0.1, 0.15) is 38.2 Å². The summed E-state index contributed by atoms with van der Waals surface area (Å²) in [5.74, 6) is 3.07. The van der Waals surface area contributed by atoms with Crippen LogP contribution in [0.3, 0.4) is 0 Å². The number of methoxy groups -OCH3 is 3. The number of hydrogen-bond donors (Lipinski definition) is 0. The van der Waals surface area contributed by atoms with E-state index >= 15 is 0 Å². The Balaban J connectivity index is 1.61. The lowest BCUT2D eigenvalue weighted by Crippen LogP contribution is -2.50. The Morgan fingerprint density at radius 1 is 0.923 bits per heavy atom. The monoisotopic (exact) mass is 362 g/mol. The van der Waals surface area contributed by atoms with Gasteiger partial charge in [-0.05, 0) is 24.8 Å². The van der Waals surface area contributed by atoms with E-state index in [9.17, 15) is 0 Å². The highest BCUT2D eigenvalue weighted by molar-refractivity contribution is 5.55. The number of hydrogen-bond acceptors (Lipinski definition) is 5. The fourth-order valence-corrected chi connectivity index (χ4v) is 4.55. The fraction of sp³-hybridized carbons (Fsp3) is 0.714. The summed E-state index contributed by atoms with van der Waals surface area (Å²) in [6, 6.07) is 4.86. The lowest BCUT2D eigenvalue weighted by Gasteiger charge is -2.42. The third-order valence-corrected chi connectivity index (χ3v) is 6.01. The van der Waals surface area contributed by atoms with Crippen molar-refractivity contribution >= 4 is 0 Å². The van der Waals surface area contributed by atoms with Gasteiger partial charge in [-0.3, -0.25) is 9.80 Å². The van der Waals surface area contributed by atoms with Crippen molar-refractivity contribution in [2.75, 3.05) is 47.5 Å². The molecule has 2 atom stereocenters. The summed E-state index contributed by atoms with van der Waals surface area (Å²) in [5.41, 5.74) is 1.16. The maximum Gasteiger partial charge on any atom is 0.203 e. The molecule has 5 heteroatoms. The van der Waals surface area contributed by atoms with Crippen molar-refractivity contribution in [2.24, 2.45) is 5.92 Å². The van der Waals surface area contributed by atoms with E-state index in [0.717, 1.165) is 42.9 Å². The maximum atomic E-state index is 5.64. The van der Waals surface area contributed by atoms with Crippen LogP contribution in [0.4, 0.5) is 0 Å². The normalized spacial score (nSPS) is 25.1. The van der Waals surface area contributed by atoms with Gasteiger partial charge in [0.2, 0.25) is 5.75 Å². The molecule has 0 N–H and O–H groups in total. The minimum Gasteiger partial charge on any atom is -0.493 e. The van der Waals surface area contributed by atoms with Crippen molar-refractivity contribution in [1.29, 1.82) is 0 Å². The topological polar surface area (TPSA) is 34.2 Å². The number of piperazine rings is 1. The van der Waals surface area contributed by atoms with E-state index in [1.807, 2.05) is 6.07 Å². The molecule has 1 heterocycles. The molecular weight excluding hydrogens is 328 g/mol. The molecule has 1 saturated carbocycles. The largest absolute Gasteiger partial charge is 0.493 e. The smallest absolute Gasteiger partial charge is 0.203 e. The molecule has 0 radical (unpaired) electrons. The summed E-state index contributed by atoms with van der Waals surface area (Å²) >= 11 is 0. The average molecular weight is 363 g/mol. The molecular formula is C21H34N2O3. The van der Waals surface area contributed by atoms with Crippen molar-refractivity contribution in [3.8, 4) is 17.2 Å². The summed E-state index contributed by atoms with van der Waals surface area (Å²) in [7, 11) is 5.01. The zero-order chi connectivity index (χ0) is 18.5. The van der Waals surface area contributed by atoms with Crippen LogP contribution in [0.2, 0.25) is 0 Å². The van der Waals surface area contributed by atoms with Crippen molar-refractivity contribution in [3.05, 3.63) is 17.7 Å². The first-order chi connectivity index (χ1) is 12.7. The van der Waals surface area contributed by atoms with Gasteiger partial charge >= 0.3 is 0 Å². The van der Waals surface area contributed by atoms with E-state index in [1.165, 1.54) is 38.8 Å². The standard InChI is InChI=1S/C21H34N2O3/c1-16-6-5-7-18(14-16)23-12-10-22(11-13-23)15-17-8-9-19(24-2)21(26-4)20(17)25-3/h8-9,16,18H,5-7,10-15H2,1-4H3/t16-,18-/m1/s1.